The van der Waals surface area contributed by atoms with Gasteiger partial charge in [0.25, 0.3) is 0 Å². The number of hydrogen-bond donors (Lipinski definition) is 0. The van der Waals surface area contributed by atoms with Crippen LogP contribution in [0.15, 0.2) is 24.3 Å². The number of benzene rings is 1. The van der Waals surface area contributed by atoms with Crippen molar-refractivity contribution in [1.82, 2.24) is 14.7 Å². The Morgan fingerprint density at radius 3 is 2.26 bits per heavy atom. The van der Waals surface area contributed by atoms with Crippen molar-refractivity contribution in [2.45, 2.75) is 26.8 Å². The normalized spacial score (nSPS) is 15.5. The Bertz CT molecular complexity index is 534. The van der Waals surface area contributed by atoms with Crippen molar-refractivity contribution in [2.24, 2.45) is 0 Å². The van der Waals surface area contributed by atoms with Gasteiger partial charge in [0.05, 0.1) is 0 Å². The van der Waals surface area contributed by atoms with Gasteiger partial charge in [-0.2, -0.15) is 0 Å². The summed E-state index contributed by atoms with van der Waals surface area (Å²) in [5.41, 5.74) is 2.30. The van der Waals surface area contributed by atoms with Gasteiger partial charge in [0.15, 0.2) is 0 Å². The molecular weight excluding hydrogens is 290 g/mol. The molecule has 1 aliphatic rings. The largest absolute Gasteiger partial charge is 0.340 e. The molecular formula is C18H27N3O2. The first-order valence-corrected chi connectivity index (χ1v) is 8.23. The van der Waals surface area contributed by atoms with E-state index < -0.39 is 0 Å². The summed E-state index contributed by atoms with van der Waals surface area (Å²) in [5, 5.41) is 0. The van der Waals surface area contributed by atoms with Gasteiger partial charge in [0.2, 0.25) is 11.8 Å². The van der Waals surface area contributed by atoms with Gasteiger partial charge in [-0.15, -0.1) is 0 Å². The first-order chi connectivity index (χ1) is 11.0. The SMILES string of the molecule is CC(=O)N(CCC(=O)N1CCN(C)CC1)Cc1ccc(C)cc1. The van der Waals surface area contributed by atoms with Crippen LogP contribution in [-0.2, 0) is 16.1 Å². The molecule has 2 rings (SSSR count). The van der Waals surface area contributed by atoms with Gasteiger partial charge < -0.3 is 14.7 Å². The summed E-state index contributed by atoms with van der Waals surface area (Å²) in [5.74, 6) is 0.157. The maximum absolute atomic E-state index is 12.3. The number of carbonyl (C=O) groups excluding carboxylic acids is 2. The van der Waals surface area contributed by atoms with Crippen LogP contribution in [0.4, 0.5) is 0 Å². The summed E-state index contributed by atoms with van der Waals surface area (Å²) in [6, 6.07) is 8.16. The average molecular weight is 317 g/mol. The summed E-state index contributed by atoms with van der Waals surface area (Å²) in [6.07, 6.45) is 0.398. The van der Waals surface area contributed by atoms with Crippen molar-refractivity contribution in [1.29, 1.82) is 0 Å². The second kappa shape index (κ2) is 8.11. The summed E-state index contributed by atoms with van der Waals surface area (Å²) in [7, 11) is 2.07. The van der Waals surface area contributed by atoms with Crippen LogP contribution in [0.5, 0.6) is 0 Å². The summed E-state index contributed by atoms with van der Waals surface area (Å²) < 4.78 is 0. The lowest BCUT2D eigenvalue weighted by molar-refractivity contribution is -0.134. The molecule has 0 atom stereocenters. The molecule has 1 aromatic rings. The van der Waals surface area contributed by atoms with Crippen molar-refractivity contribution >= 4 is 11.8 Å². The Kier molecular flexibility index (Phi) is 6.16. The highest BCUT2D eigenvalue weighted by molar-refractivity contribution is 5.78. The molecule has 1 heterocycles. The molecule has 5 heteroatoms. The summed E-state index contributed by atoms with van der Waals surface area (Å²) in [6.45, 7) is 8.06. The first-order valence-electron chi connectivity index (χ1n) is 8.23. The monoisotopic (exact) mass is 317 g/mol. The number of nitrogens with zero attached hydrogens (tertiary/aromatic N) is 3. The van der Waals surface area contributed by atoms with Crippen molar-refractivity contribution in [3.63, 3.8) is 0 Å². The van der Waals surface area contributed by atoms with E-state index in [2.05, 4.69) is 11.9 Å². The van der Waals surface area contributed by atoms with Crippen molar-refractivity contribution in [3.8, 4) is 0 Å². The standard InChI is InChI=1S/C18H27N3O2/c1-15-4-6-17(7-5-15)14-21(16(2)22)9-8-18(23)20-12-10-19(3)11-13-20/h4-7H,8-14H2,1-3H3. The minimum absolute atomic E-state index is 0.0109. The first kappa shape index (κ1) is 17.5. The van der Waals surface area contributed by atoms with E-state index in [-0.39, 0.29) is 11.8 Å². The molecule has 1 aromatic carbocycles. The lowest BCUT2D eigenvalue weighted by Gasteiger charge is -2.33. The van der Waals surface area contributed by atoms with Gasteiger partial charge in [0.1, 0.15) is 0 Å². The lowest BCUT2D eigenvalue weighted by Crippen LogP contribution is -2.47. The van der Waals surface area contributed by atoms with Gasteiger partial charge in [0, 0.05) is 52.6 Å². The van der Waals surface area contributed by atoms with Gasteiger partial charge >= 0.3 is 0 Å². The number of rotatable bonds is 5. The van der Waals surface area contributed by atoms with Crippen LogP contribution < -0.4 is 0 Å². The number of likely N-dealkylation sites (N-methyl/N-ethyl adjacent to an activating group) is 1. The van der Waals surface area contributed by atoms with Crippen molar-refractivity contribution in [3.05, 3.63) is 35.4 Å². The van der Waals surface area contributed by atoms with Crippen LogP contribution in [0.25, 0.3) is 0 Å². The molecule has 0 saturated carbocycles. The Hall–Kier alpha value is -1.88. The molecule has 0 spiro atoms. The molecule has 1 saturated heterocycles. The average Bonchev–Trinajstić information content (AvgIpc) is 2.53. The van der Waals surface area contributed by atoms with Crippen molar-refractivity contribution < 1.29 is 9.59 Å². The fourth-order valence-corrected chi connectivity index (χ4v) is 2.71. The van der Waals surface area contributed by atoms with Crippen LogP contribution in [0.1, 0.15) is 24.5 Å². The third-order valence-electron chi connectivity index (χ3n) is 4.39. The third kappa shape index (κ3) is 5.36. The Labute approximate surface area is 138 Å². The second-order valence-electron chi connectivity index (χ2n) is 6.36. The van der Waals surface area contributed by atoms with Crippen molar-refractivity contribution in [2.75, 3.05) is 39.8 Å². The van der Waals surface area contributed by atoms with E-state index in [0.717, 1.165) is 31.7 Å². The fraction of sp³-hybridized carbons (Fsp3) is 0.556. The molecule has 0 bridgehead atoms. The molecule has 126 valence electrons. The molecule has 2 amide bonds. The Morgan fingerprint density at radius 1 is 1.09 bits per heavy atom. The van der Waals surface area contributed by atoms with E-state index in [1.54, 1.807) is 11.8 Å². The van der Waals surface area contributed by atoms with E-state index in [0.29, 0.717) is 19.5 Å². The van der Waals surface area contributed by atoms with E-state index in [4.69, 9.17) is 0 Å². The predicted molar refractivity (Wildman–Crippen MR) is 91.0 cm³/mol. The highest BCUT2D eigenvalue weighted by atomic mass is 16.2. The fourth-order valence-electron chi connectivity index (χ4n) is 2.71. The van der Waals surface area contributed by atoms with Crippen LogP contribution in [-0.4, -0.2) is 66.3 Å². The molecule has 0 aliphatic carbocycles. The zero-order chi connectivity index (χ0) is 16.8. The zero-order valence-corrected chi connectivity index (χ0v) is 14.4. The number of amides is 2. The number of carbonyl (C=O) groups is 2. The maximum atomic E-state index is 12.3. The molecule has 1 aliphatic heterocycles. The van der Waals surface area contributed by atoms with Gasteiger partial charge in [-0.25, -0.2) is 0 Å². The van der Waals surface area contributed by atoms with Crippen LogP contribution in [0.3, 0.4) is 0 Å². The topological polar surface area (TPSA) is 43.9 Å². The Balaban J connectivity index is 1.85. The molecule has 5 nitrogen and oxygen atoms in total. The highest BCUT2D eigenvalue weighted by Crippen LogP contribution is 2.09. The molecule has 0 aromatic heterocycles. The minimum Gasteiger partial charge on any atom is -0.340 e. The number of aryl methyl sites for hydroxylation is 1. The van der Waals surface area contributed by atoms with Gasteiger partial charge in [-0.05, 0) is 19.5 Å². The van der Waals surface area contributed by atoms with Gasteiger partial charge in [-0.3, -0.25) is 9.59 Å². The lowest BCUT2D eigenvalue weighted by atomic mass is 10.1. The molecule has 1 fully saturated rings. The third-order valence-corrected chi connectivity index (χ3v) is 4.39. The number of piperazine rings is 1. The molecule has 23 heavy (non-hydrogen) atoms. The molecule has 0 unspecified atom stereocenters. The molecule has 0 radical (unpaired) electrons. The second-order valence-corrected chi connectivity index (χ2v) is 6.36. The van der Waals surface area contributed by atoms with Crippen LogP contribution >= 0.6 is 0 Å². The minimum atomic E-state index is 0.0109. The van der Waals surface area contributed by atoms with Crippen LogP contribution in [0.2, 0.25) is 0 Å². The highest BCUT2D eigenvalue weighted by Gasteiger charge is 2.20. The van der Waals surface area contributed by atoms with E-state index in [1.807, 2.05) is 36.1 Å². The summed E-state index contributed by atoms with van der Waals surface area (Å²) in [4.78, 5) is 30.0. The van der Waals surface area contributed by atoms with Crippen LogP contribution in [0, 0.1) is 6.92 Å². The Morgan fingerprint density at radius 2 is 1.70 bits per heavy atom. The predicted octanol–water partition coefficient (Wildman–Crippen LogP) is 1.51. The van der Waals surface area contributed by atoms with E-state index in [1.165, 1.54) is 5.56 Å². The zero-order valence-electron chi connectivity index (χ0n) is 14.4. The van der Waals surface area contributed by atoms with Gasteiger partial charge in [-0.1, -0.05) is 29.8 Å². The van der Waals surface area contributed by atoms with E-state index >= 15 is 0 Å². The summed E-state index contributed by atoms with van der Waals surface area (Å²) >= 11 is 0. The number of hydrogen-bond acceptors (Lipinski definition) is 3. The molecule has 0 N–H and O–H groups in total. The maximum Gasteiger partial charge on any atom is 0.224 e. The van der Waals surface area contributed by atoms with E-state index in [9.17, 15) is 9.59 Å². The quantitative estimate of drug-likeness (QED) is 0.827. The smallest absolute Gasteiger partial charge is 0.224 e.